The van der Waals surface area contributed by atoms with Crippen LogP contribution in [0, 0.1) is 0 Å². The van der Waals surface area contributed by atoms with Gasteiger partial charge in [0.1, 0.15) is 0 Å². The Morgan fingerprint density at radius 2 is 1.79 bits per heavy atom. The van der Waals surface area contributed by atoms with E-state index in [9.17, 15) is 4.79 Å². The Morgan fingerprint density at radius 1 is 1.08 bits per heavy atom. The third-order valence-electron chi connectivity index (χ3n) is 3.94. The van der Waals surface area contributed by atoms with E-state index in [1.807, 2.05) is 25.1 Å². The van der Waals surface area contributed by atoms with Crippen LogP contribution >= 0.6 is 0 Å². The van der Waals surface area contributed by atoms with Crippen molar-refractivity contribution in [1.29, 1.82) is 0 Å². The third-order valence-corrected chi connectivity index (χ3v) is 3.94. The lowest BCUT2D eigenvalue weighted by molar-refractivity contribution is -0.122. The van der Waals surface area contributed by atoms with Crippen LogP contribution in [0.4, 0.5) is 0 Å². The molecule has 122 valence electrons. The fourth-order valence-electron chi connectivity index (χ4n) is 2.56. The van der Waals surface area contributed by atoms with Gasteiger partial charge in [0.2, 0.25) is 5.91 Å². The van der Waals surface area contributed by atoms with Gasteiger partial charge in [-0.1, -0.05) is 59.8 Å². The van der Waals surface area contributed by atoms with Gasteiger partial charge in [0.25, 0.3) is 0 Å². The molecular weight excluding hydrogens is 300 g/mol. The lowest BCUT2D eigenvalue weighted by Crippen LogP contribution is -2.27. The van der Waals surface area contributed by atoms with Crippen LogP contribution in [0.25, 0.3) is 11.1 Å². The summed E-state index contributed by atoms with van der Waals surface area (Å²) in [6.07, 6.45) is 3.74. The minimum absolute atomic E-state index is 0.00476. The first-order valence-corrected chi connectivity index (χ1v) is 8.01. The van der Waals surface area contributed by atoms with Crippen molar-refractivity contribution >= 4 is 5.91 Å². The molecule has 0 bridgehead atoms. The molecule has 5 heteroatoms. The number of aryl methyl sites for hydroxylation is 1. The molecule has 1 heterocycles. The molecule has 0 aliphatic heterocycles. The van der Waals surface area contributed by atoms with Gasteiger partial charge in [0.15, 0.2) is 0 Å². The standard InChI is InChI=1S/C19H20N4O/c1-15(21-19(24)11-13-23-14-12-20-22-23)16-7-9-18(10-8-16)17-5-3-2-4-6-17/h2-10,12,14-15H,11,13H2,1H3,(H,21,24)/t15-/m1/s1. The Balaban J connectivity index is 1.56. The van der Waals surface area contributed by atoms with Gasteiger partial charge >= 0.3 is 0 Å². The summed E-state index contributed by atoms with van der Waals surface area (Å²) in [6.45, 7) is 2.52. The zero-order valence-corrected chi connectivity index (χ0v) is 13.6. The fraction of sp³-hybridized carbons (Fsp3) is 0.211. The molecule has 3 aromatic rings. The average Bonchev–Trinajstić information content (AvgIpc) is 3.14. The van der Waals surface area contributed by atoms with E-state index in [0.717, 1.165) is 5.56 Å². The highest BCUT2D eigenvalue weighted by molar-refractivity contribution is 5.76. The van der Waals surface area contributed by atoms with Crippen molar-refractivity contribution in [3.05, 3.63) is 72.6 Å². The van der Waals surface area contributed by atoms with Crippen molar-refractivity contribution in [2.24, 2.45) is 0 Å². The minimum Gasteiger partial charge on any atom is -0.350 e. The lowest BCUT2D eigenvalue weighted by atomic mass is 10.0. The lowest BCUT2D eigenvalue weighted by Gasteiger charge is -2.15. The van der Waals surface area contributed by atoms with E-state index in [1.165, 1.54) is 11.1 Å². The van der Waals surface area contributed by atoms with Crippen LogP contribution in [0.5, 0.6) is 0 Å². The first kappa shape index (κ1) is 15.9. The molecule has 0 aliphatic carbocycles. The number of benzene rings is 2. The maximum Gasteiger partial charge on any atom is 0.222 e. The highest BCUT2D eigenvalue weighted by Crippen LogP contribution is 2.21. The van der Waals surface area contributed by atoms with Gasteiger partial charge < -0.3 is 5.32 Å². The summed E-state index contributed by atoms with van der Waals surface area (Å²) in [7, 11) is 0. The molecule has 0 aliphatic rings. The number of hydrogen-bond acceptors (Lipinski definition) is 3. The van der Waals surface area contributed by atoms with Crippen LogP contribution < -0.4 is 5.32 Å². The molecule has 0 saturated carbocycles. The number of rotatable bonds is 6. The zero-order chi connectivity index (χ0) is 16.8. The van der Waals surface area contributed by atoms with Crippen LogP contribution in [-0.4, -0.2) is 20.9 Å². The van der Waals surface area contributed by atoms with Crippen LogP contribution in [0.3, 0.4) is 0 Å². The van der Waals surface area contributed by atoms with Crippen LogP contribution in [0.2, 0.25) is 0 Å². The predicted octanol–water partition coefficient (Wildman–Crippen LogP) is 3.21. The summed E-state index contributed by atoms with van der Waals surface area (Å²) in [6, 6.07) is 18.5. The van der Waals surface area contributed by atoms with Crippen molar-refractivity contribution in [3.8, 4) is 11.1 Å². The second kappa shape index (κ2) is 7.55. The maximum absolute atomic E-state index is 12.0. The summed E-state index contributed by atoms with van der Waals surface area (Å²) in [5.74, 6) is 0.00476. The molecule has 0 radical (unpaired) electrons. The molecule has 24 heavy (non-hydrogen) atoms. The molecule has 0 saturated heterocycles. The number of nitrogens with one attached hydrogen (secondary N) is 1. The van der Waals surface area contributed by atoms with Gasteiger partial charge in [-0.25, -0.2) is 0 Å². The van der Waals surface area contributed by atoms with Crippen molar-refractivity contribution in [2.45, 2.75) is 25.9 Å². The molecule has 0 unspecified atom stereocenters. The first-order valence-electron chi connectivity index (χ1n) is 8.01. The highest BCUT2D eigenvalue weighted by atomic mass is 16.1. The van der Waals surface area contributed by atoms with Crippen molar-refractivity contribution in [3.63, 3.8) is 0 Å². The number of amides is 1. The maximum atomic E-state index is 12.0. The molecule has 1 aromatic heterocycles. The summed E-state index contributed by atoms with van der Waals surface area (Å²) in [5, 5.41) is 10.6. The molecule has 0 spiro atoms. The Bertz CT molecular complexity index is 767. The minimum atomic E-state index is -0.0296. The number of nitrogens with zero attached hydrogens (tertiary/aromatic N) is 3. The fourth-order valence-corrected chi connectivity index (χ4v) is 2.56. The van der Waals surface area contributed by atoms with Crippen molar-refractivity contribution in [2.75, 3.05) is 0 Å². The molecule has 1 atom stereocenters. The topological polar surface area (TPSA) is 59.8 Å². The first-order chi connectivity index (χ1) is 11.7. The number of carbonyl (C=O) groups excluding carboxylic acids is 1. The van der Waals surface area contributed by atoms with Gasteiger partial charge in [-0.15, -0.1) is 5.10 Å². The van der Waals surface area contributed by atoms with E-state index in [0.29, 0.717) is 13.0 Å². The monoisotopic (exact) mass is 320 g/mol. The zero-order valence-electron chi connectivity index (χ0n) is 13.6. The normalized spacial score (nSPS) is 11.9. The summed E-state index contributed by atoms with van der Waals surface area (Å²) >= 11 is 0. The quantitative estimate of drug-likeness (QED) is 0.758. The van der Waals surface area contributed by atoms with Gasteiger partial charge in [-0.2, -0.15) is 0 Å². The molecule has 5 nitrogen and oxygen atoms in total. The number of carbonyl (C=O) groups is 1. The largest absolute Gasteiger partial charge is 0.350 e. The van der Waals surface area contributed by atoms with Crippen molar-refractivity contribution in [1.82, 2.24) is 20.3 Å². The van der Waals surface area contributed by atoms with Crippen LogP contribution in [0.1, 0.15) is 24.9 Å². The van der Waals surface area contributed by atoms with Gasteiger partial charge in [0.05, 0.1) is 18.8 Å². The Morgan fingerprint density at radius 3 is 2.46 bits per heavy atom. The summed E-state index contributed by atoms with van der Waals surface area (Å²) < 4.78 is 1.65. The molecule has 0 fully saturated rings. The molecule has 2 aromatic carbocycles. The van der Waals surface area contributed by atoms with Crippen molar-refractivity contribution < 1.29 is 4.79 Å². The Hall–Kier alpha value is -2.95. The van der Waals surface area contributed by atoms with E-state index in [2.05, 4.69) is 52.0 Å². The van der Waals surface area contributed by atoms with Crippen LogP contribution in [0.15, 0.2) is 67.0 Å². The Labute approximate surface area is 141 Å². The molecule has 3 rings (SSSR count). The number of aromatic nitrogens is 3. The average molecular weight is 320 g/mol. The van der Waals surface area contributed by atoms with Gasteiger partial charge in [-0.05, 0) is 23.6 Å². The van der Waals surface area contributed by atoms with Crippen LogP contribution in [-0.2, 0) is 11.3 Å². The molecule has 1 amide bonds. The van der Waals surface area contributed by atoms with Gasteiger partial charge in [-0.3, -0.25) is 9.48 Å². The van der Waals surface area contributed by atoms with E-state index in [1.54, 1.807) is 17.1 Å². The van der Waals surface area contributed by atoms with E-state index >= 15 is 0 Å². The molecular formula is C19H20N4O. The third kappa shape index (κ3) is 4.07. The second-order valence-electron chi connectivity index (χ2n) is 5.69. The van der Waals surface area contributed by atoms with E-state index in [4.69, 9.17) is 0 Å². The van der Waals surface area contributed by atoms with Gasteiger partial charge in [0, 0.05) is 12.6 Å². The Kier molecular flexibility index (Phi) is 5.01. The highest BCUT2D eigenvalue weighted by Gasteiger charge is 2.10. The summed E-state index contributed by atoms with van der Waals surface area (Å²) in [4.78, 5) is 12.0. The smallest absolute Gasteiger partial charge is 0.222 e. The van der Waals surface area contributed by atoms with E-state index < -0.39 is 0 Å². The second-order valence-corrected chi connectivity index (χ2v) is 5.69. The predicted molar refractivity (Wildman–Crippen MR) is 93.1 cm³/mol. The summed E-state index contributed by atoms with van der Waals surface area (Å²) in [5.41, 5.74) is 3.45. The molecule has 1 N–H and O–H groups in total. The SMILES string of the molecule is C[C@@H](NC(=O)CCn1ccnn1)c1ccc(-c2ccccc2)cc1. The number of hydrogen-bond donors (Lipinski definition) is 1. The van der Waals surface area contributed by atoms with E-state index in [-0.39, 0.29) is 11.9 Å².